The van der Waals surface area contributed by atoms with Gasteiger partial charge in [0.1, 0.15) is 5.60 Å². The molecular weight excluding hydrogens is 196 g/mol. The zero-order chi connectivity index (χ0) is 9.60. The largest absolute Gasteiger partial charge is 0.361 e. The van der Waals surface area contributed by atoms with Crippen molar-refractivity contribution in [2.75, 3.05) is 0 Å². The summed E-state index contributed by atoms with van der Waals surface area (Å²) in [7, 11) is 0. The van der Waals surface area contributed by atoms with Crippen molar-refractivity contribution in [3.05, 3.63) is 34.9 Å². The second-order valence-electron chi connectivity index (χ2n) is 4.25. The van der Waals surface area contributed by atoms with Gasteiger partial charge in [0, 0.05) is 5.02 Å². The summed E-state index contributed by atoms with van der Waals surface area (Å²) in [5, 5.41) is 0.804. The minimum atomic E-state index is 0.0723. The molecule has 0 radical (unpaired) electrons. The van der Waals surface area contributed by atoms with E-state index in [0.29, 0.717) is 6.10 Å². The quantitative estimate of drug-likeness (QED) is 0.644. The summed E-state index contributed by atoms with van der Waals surface area (Å²) >= 11 is 5.87. The Bertz CT molecular complexity index is 346. The van der Waals surface area contributed by atoms with Crippen molar-refractivity contribution in [2.24, 2.45) is 0 Å². The molecule has 1 nitrogen and oxygen atoms in total. The van der Waals surface area contributed by atoms with E-state index in [0.717, 1.165) is 5.02 Å². The lowest BCUT2D eigenvalue weighted by atomic mass is 9.84. The van der Waals surface area contributed by atoms with Gasteiger partial charge in [0.2, 0.25) is 0 Å². The van der Waals surface area contributed by atoms with E-state index in [-0.39, 0.29) is 5.60 Å². The molecule has 1 heterocycles. The Morgan fingerprint density at radius 2 is 2.00 bits per heavy atom. The van der Waals surface area contributed by atoms with Crippen LogP contribution in [0.4, 0.5) is 0 Å². The lowest BCUT2D eigenvalue weighted by molar-refractivity contribution is 0.289. The zero-order valence-corrected chi connectivity index (χ0v) is 8.76. The summed E-state index contributed by atoms with van der Waals surface area (Å²) in [6.45, 7) is 0. The summed E-state index contributed by atoms with van der Waals surface area (Å²) in [6, 6.07) is 8.12. The summed E-state index contributed by atoms with van der Waals surface area (Å²) in [5.41, 5.74) is 1.38. The Hall–Kier alpha value is -0.530. The minimum Gasteiger partial charge on any atom is -0.361 e. The first-order valence-corrected chi connectivity index (χ1v) is 5.63. The maximum absolute atomic E-state index is 5.87. The highest BCUT2D eigenvalue weighted by Crippen LogP contribution is 2.55. The molecule has 74 valence electrons. The van der Waals surface area contributed by atoms with E-state index in [2.05, 4.69) is 12.1 Å². The van der Waals surface area contributed by atoms with Crippen molar-refractivity contribution >= 4 is 11.6 Å². The summed E-state index contributed by atoms with van der Waals surface area (Å²) in [6.07, 6.45) is 5.50. The van der Waals surface area contributed by atoms with Crippen LogP contribution in [0, 0.1) is 0 Å². The number of halogens is 1. The molecule has 0 N–H and O–H groups in total. The smallest absolute Gasteiger partial charge is 0.120 e. The van der Waals surface area contributed by atoms with E-state index >= 15 is 0 Å². The second-order valence-corrected chi connectivity index (χ2v) is 4.69. The highest BCUT2D eigenvalue weighted by atomic mass is 35.5. The van der Waals surface area contributed by atoms with E-state index in [1.807, 2.05) is 12.1 Å². The average molecular weight is 209 g/mol. The Morgan fingerprint density at radius 3 is 2.71 bits per heavy atom. The molecule has 1 aliphatic heterocycles. The van der Waals surface area contributed by atoms with Gasteiger partial charge in [0.05, 0.1) is 6.10 Å². The lowest BCUT2D eigenvalue weighted by Gasteiger charge is -2.17. The van der Waals surface area contributed by atoms with E-state index in [4.69, 9.17) is 16.3 Å². The number of rotatable bonds is 1. The Labute approximate surface area is 89.0 Å². The van der Waals surface area contributed by atoms with Crippen LogP contribution < -0.4 is 0 Å². The minimum absolute atomic E-state index is 0.0723. The van der Waals surface area contributed by atoms with Gasteiger partial charge < -0.3 is 4.74 Å². The number of fused-ring (bicyclic) bond motifs is 1. The van der Waals surface area contributed by atoms with E-state index in [1.165, 1.54) is 31.2 Å². The van der Waals surface area contributed by atoms with Crippen LogP contribution in [0.2, 0.25) is 5.02 Å². The second kappa shape index (κ2) is 2.98. The molecule has 1 saturated carbocycles. The molecular formula is C12H13ClO. The number of epoxide rings is 1. The van der Waals surface area contributed by atoms with Crippen LogP contribution in [0.25, 0.3) is 0 Å². The van der Waals surface area contributed by atoms with E-state index < -0.39 is 0 Å². The van der Waals surface area contributed by atoms with Gasteiger partial charge in [-0.25, -0.2) is 0 Å². The standard InChI is InChI=1S/C12H13ClO/c13-10-6-4-9(5-7-10)12-8-2-1-3-11(12)14-12/h4-7,11H,1-3,8H2. The van der Waals surface area contributed by atoms with Gasteiger partial charge in [-0.05, 0) is 30.5 Å². The number of ether oxygens (including phenoxy) is 1. The fourth-order valence-corrected chi connectivity index (χ4v) is 2.71. The maximum atomic E-state index is 5.87. The predicted octanol–water partition coefficient (Wildman–Crippen LogP) is 3.51. The van der Waals surface area contributed by atoms with Gasteiger partial charge in [0.15, 0.2) is 0 Å². The van der Waals surface area contributed by atoms with Crippen molar-refractivity contribution in [3.8, 4) is 0 Å². The molecule has 2 aliphatic rings. The van der Waals surface area contributed by atoms with Gasteiger partial charge in [-0.2, -0.15) is 0 Å². The average Bonchev–Trinajstić information content (AvgIpc) is 2.94. The van der Waals surface area contributed by atoms with Crippen molar-refractivity contribution in [1.82, 2.24) is 0 Å². The van der Waals surface area contributed by atoms with Gasteiger partial charge >= 0.3 is 0 Å². The molecule has 2 unspecified atom stereocenters. The van der Waals surface area contributed by atoms with Crippen molar-refractivity contribution < 1.29 is 4.74 Å². The van der Waals surface area contributed by atoms with Crippen LogP contribution in [0.1, 0.15) is 31.2 Å². The normalized spacial score (nSPS) is 35.1. The number of hydrogen-bond acceptors (Lipinski definition) is 1. The summed E-state index contributed by atoms with van der Waals surface area (Å²) < 4.78 is 5.85. The molecule has 1 aromatic rings. The fourth-order valence-electron chi connectivity index (χ4n) is 2.58. The molecule has 1 aromatic carbocycles. The van der Waals surface area contributed by atoms with Gasteiger partial charge in [0.25, 0.3) is 0 Å². The number of benzene rings is 1. The van der Waals surface area contributed by atoms with E-state index in [1.54, 1.807) is 0 Å². The Balaban J connectivity index is 1.92. The molecule has 0 aromatic heterocycles. The molecule has 0 spiro atoms. The topological polar surface area (TPSA) is 12.5 Å². The van der Waals surface area contributed by atoms with Crippen LogP contribution in [-0.4, -0.2) is 6.10 Å². The first-order valence-electron chi connectivity index (χ1n) is 5.25. The molecule has 1 saturated heterocycles. The van der Waals surface area contributed by atoms with Gasteiger partial charge in [-0.1, -0.05) is 36.6 Å². The third kappa shape index (κ3) is 1.19. The monoisotopic (exact) mass is 208 g/mol. The third-order valence-electron chi connectivity index (χ3n) is 3.41. The Morgan fingerprint density at radius 1 is 1.21 bits per heavy atom. The van der Waals surface area contributed by atoms with Gasteiger partial charge in [-0.15, -0.1) is 0 Å². The molecule has 0 bridgehead atoms. The number of hydrogen-bond donors (Lipinski definition) is 0. The first-order chi connectivity index (χ1) is 6.81. The molecule has 1 aliphatic carbocycles. The molecule has 0 amide bonds. The molecule has 14 heavy (non-hydrogen) atoms. The predicted molar refractivity (Wildman–Crippen MR) is 56.5 cm³/mol. The molecule has 2 fully saturated rings. The summed E-state index contributed by atoms with van der Waals surface area (Å²) in [5.74, 6) is 0. The molecule has 2 heteroatoms. The first kappa shape index (κ1) is 8.75. The molecule has 3 rings (SSSR count). The SMILES string of the molecule is Clc1ccc(C23CCCCC2O3)cc1. The summed E-state index contributed by atoms with van der Waals surface area (Å²) in [4.78, 5) is 0. The third-order valence-corrected chi connectivity index (χ3v) is 3.66. The molecule has 2 atom stereocenters. The highest BCUT2D eigenvalue weighted by Gasteiger charge is 2.57. The van der Waals surface area contributed by atoms with Crippen molar-refractivity contribution in [3.63, 3.8) is 0 Å². The van der Waals surface area contributed by atoms with Gasteiger partial charge in [-0.3, -0.25) is 0 Å². The Kier molecular flexibility index (Phi) is 1.86. The van der Waals surface area contributed by atoms with E-state index in [9.17, 15) is 0 Å². The van der Waals surface area contributed by atoms with Crippen molar-refractivity contribution in [2.45, 2.75) is 37.4 Å². The maximum Gasteiger partial charge on any atom is 0.120 e. The van der Waals surface area contributed by atoms with Crippen LogP contribution >= 0.6 is 11.6 Å². The highest BCUT2D eigenvalue weighted by molar-refractivity contribution is 6.30. The fraction of sp³-hybridized carbons (Fsp3) is 0.500. The van der Waals surface area contributed by atoms with Crippen LogP contribution in [0.3, 0.4) is 0 Å². The van der Waals surface area contributed by atoms with Crippen LogP contribution in [-0.2, 0) is 10.3 Å². The van der Waals surface area contributed by atoms with Crippen LogP contribution in [0.15, 0.2) is 24.3 Å². The zero-order valence-electron chi connectivity index (χ0n) is 8.00. The van der Waals surface area contributed by atoms with Crippen LogP contribution in [0.5, 0.6) is 0 Å². The lowest BCUT2D eigenvalue weighted by Crippen LogP contribution is -2.16. The van der Waals surface area contributed by atoms with Crippen molar-refractivity contribution in [1.29, 1.82) is 0 Å².